The van der Waals surface area contributed by atoms with Crippen LogP contribution in [-0.4, -0.2) is 49.1 Å². The van der Waals surface area contributed by atoms with E-state index in [0.29, 0.717) is 17.5 Å². The molecule has 21 heavy (non-hydrogen) atoms. The lowest BCUT2D eigenvalue weighted by Gasteiger charge is -2.12. The Morgan fingerprint density at radius 1 is 1.33 bits per heavy atom. The molecule has 0 bridgehead atoms. The van der Waals surface area contributed by atoms with Gasteiger partial charge in [0.15, 0.2) is 0 Å². The van der Waals surface area contributed by atoms with Gasteiger partial charge in [-0.05, 0) is 19.1 Å². The van der Waals surface area contributed by atoms with E-state index in [9.17, 15) is 9.59 Å². The number of hydrogen-bond donors (Lipinski definition) is 2. The number of aryl methyl sites for hydroxylation is 1. The molecule has 0 unspecified atom stereocenters. The molecule has 5 heteroatoms. The van der Waals surface area contributed by atoms with Crippen LogP contribution in [0.1, 0.15) is 27.9 Å². The van der Waals surface area contributed by atoms with Gasteiger partial charge < -0.3 is 15.3 Å². The van der Waals surface area contributed by atoms with Crippen molar-refractivity contribution in [2.24, 2.45) is 0 Å². The molecule has 0 spiro atoms. The second-order valence-corrected chi connectivity index (χ2v) is 4.80. The van der Waals surface area contributed by atoms with Gasteiger partial charge in [0.1, 0.15) is 0 Å². The maximum absolute atomic E-state index is 12.2. The number of carbonyl (C=O) groups excluding carboxylic acids is 2. The fourth-order valence-corrected chi connectivity index (χ4v) is 1.58. The summed E-state index contributed by atoms with van der Waals surface area (Å²) in [5.41, 5.74) is 1.96. The van der Waals surface area contributed by atoms with Gasteiger partial charge in [-0.2, -0.15) is 0 Å². The topological polar surface area (TPSA) is 69.6 Å². The minimum absolute atomic E-state index is 0.0161. The van der Waals surface area contributed by atoms with Gasteiger partial charge in [-0.1, -0.05) is 23.5 Å². The molecule has 0 aromatic heterocycles. The van der Waals surface area contributed by atoms with E-state index in [4.69, 9.17) is 5.11 Å². The molecule has 1 aromatic carbocycles. The molecule has 0 aliphatic heterocycles. The number of nitrogens with zero attached hydrogens (tertiary/aromatic N) is 1. The van der Waals surface area contributed by atoms with E-state index < -0.39 is 0 Å². The van der Waals surface area contributed by atoms with Crippen LogP contribution in [0.3, 0.4) is 0 Å². The molecule has 0 saturated heterocycles. The molecule has 0 heterocycles. The van der Waals surface area contributed by atoms with E-state index in [1.807, 2.05) is 13.0 Å². The van der Waals surface area contributed by atoms with Crippen LogP contribution in [0.4, 0.5) is 0 Å². The summed E-state index contributed by atoms with van der Waals surface area (Å²) in [4.78, 5) is 25.1. The second kappa shape index (κ2) is 8.08. The quantitative estimate of drug-likeness (QED) is 0.795. The van der Waals surface area contributed by atoms with Crippen molar-refractivity contribution in [3.63, 3.8) is 0 Å². The van der Waals surface area contributed by atoms with Gasteiger partial charge in [0.25, 0.3) is 5.91 Å². The largest absolute Gasteiger partial charge is 0.395 e. The van der Waals surface area contributed by atoms with Crippen molar-refractivity contribution in [3.8, 4) is 11.8 Å². The number of aliphatic hydroxyl groups excluding tert-OH is 1. The standard InChI is InChI=1S/C16H20N2O3/c1-12-7-8-13(6-4-5-9-19)14(10-12)16(21)17-11-15(20)18(2)3/h7-8,10,19H,5,9,11H2,1-3H3,(H,17,21). The number of carbonyl (C=O) groups is 2. The smallest absolute Gasteiger partial charge is 0.252 e. The Kier molecular flexibility index (Phi) is 6.44. The lowest BCUT2D eigenvalue weighted by molar-refractivity contribution is -0.127. The highest BCUT2D eigenvalue weighted by Crippen LogP contribution is 2.11. The number of amides is 2. The highest BCUT2D eigenvalue weighted by molar-refractivity contribution is 5.98. The van der Waals surface area contributed by atoms with Crippen LogP contribution in [0, 0.1) is 18.8 Å². The Balaban J connectivity index is 2.90. The minimum Gasteiger partial charge on any atom is -0.395 e. The Labute approximate surface area is 125 Å². The van der Waals surface area contributed by atoms with Crippen molar-refractivity contribution in [3.05, 3.63) is 34.9 Å². The van der Waals surface area contributed by atoms with Crippen molar-refractivity contribution < 1.29 is 14.7 Å². The van der Waals surface area contributed by atoms with E-state index in [1.165, 1.54) is 4.90 Å². The summed E-state index contributed by atoms with van der Waals surface area (Å²) < 4.78 is 0. The first-order chi connectivity index (χ1) is 9.95. The lowest BCUT2D eigenvalue weighted by Crippen LogP contribution is -2.36. The molecule has 5 nitrogen and oxygen atoms in total. The van der Waals surface area contributed by atoms with Gasteiger partial charge in [0.2, 0.25) is 5.91 Å². The molecule has 0 aliphatic carbocycles. The van der Waals surface area contributed by atoms with Crippen molar-refractivity contribution in [2.45, 2.75) is 13.3 Å². The number of benzene rings is 1. The number of likely N-dealkylation sites (N-methyl/N-ethyl adjacent to an activating group) is 1. The van der Waals surface area contributed by atoms with Gasteiger partial charge in [-0.3, -0.25) is 9.59 Å². The van der Waals surface area contributed by atoms with Crippen molar-refractivity contribution in [1.29, 1.82) is 0 Å². The fraction of sp³-hybridized carbons (Fsp3) is 0.375. The van der Waals surface area contributed by atoms with Crippen molar-refractivity contribution in [1.82, 2.24) is 10.2 Å². The molecular formula is C16H20N2O3. The average molecular weight is 288 g/mol. The summed E-state index contributed by atoms with van der Waals surface area (Å²) in [6.45, 7) is 1.81. The molecule has 112 valence electrons. The molecule has 1 aromatic rings. The molecular weight excluding hydrogens is 268 g/mol. The van der Waals surface area contributed by atoms with Crippen molar-refractivity contribution >= 4 is 11.8 Å². The Morgan fingerprint density at radius 3 is 2.67 bits per heavy atom. The normalized spacial score (nSPS) is 9.52. The molecule has 0 saturated carbocycles. The Morgan fingerprint density at radius 2 is 2.05 bits per heavy atom. The highest BCUT2D eigenvalue weighted by atomic mass is 16.2. The first-order valence-electron chi connectivity index (χ1n) is 6.64. The van der Waals surface area contributed by atoms with Crippen LogP contribution < -0.4 is 5.32 Å². The van der Waals surface area contributed by atoms with Crippen LogP contribution in [0.15, 0.2) is 18.2 Å². The van der Waals surface area contributed by atoms with E-state index in [-0.39, 0.29) is 25.0 Å². The molecule has 0 radical (unpaired) electrons. The average Bonchev–Trinajstić information content (AvgIpc) is 2.45. The molecule has 2 N–H and O–H groups in total. The van der Waals surface area contributed by atoms with Gasteiger partial charge in [-0.15, -0.1) is 0 Å². The maximum atomic E-state index is 12.2. The predicted octanol–water partition coefficient (Wildman–Crippen LogP) is 0.547. The zero-order valence-electron chi connectivity index (χ0n) is 12.6. The van der Waals surface area contributed by atoms with Crippen LogP contribution >= 0.6 is 0 Å². The lowest BCUT2D eigenvalue weighted by atomic mass is 10.0. The summed E-state index contributed by atoms with van der Waals surface area (Å²) in [6, 6.07) is 5.37. The van der Waals surface area contributed by atoms with Crippen LogP contribution in [0.5, 0.6) is 0 Å². The molecule has 2 amide bonds. The Bertz CT molecular complexity index is 583. The summed E-state index contributed by atoms with van der Waals surface area (Å²) in [7, 11) is 3.26. The summed E-state index contributed by atoms with van der Waals surface area (Å²) in [6.07, 6.45) is 0.355. The number of nitrogens with one attached hydrogen (secondary N) is 1. The third kappa shape index (κ3) is 5.28. The van der Waals surface area contributed by atoms with Gasteiger partial charge >= 0.3 is 0 Å². The Hall–Kier alpha value is -2.32. The zero-order chi connectivity index (χ0) is 15.8. The van der Waals surface area contributed by atoms with Crippen LogP contribution in [0.25, 0.3) is 0 Å². The zero-order valence-corrected chi connectivity index (χ0v) is 12.6. The van der Waals surface area contributed by atoms with E-state index in [1.54, 1.807) is 26.2 Å². The molecule has 0 aliphatic rings. The molecule has 0 fully saturated rings. The number of aliphatic hydroxyl groups is 1. The predicted molar refractivity (Wildman–Crippen MR) is 80.8 cm³/mol. The van der Waals surface area contributed by atoms with Gasteiger partial charge in [0.05, 0.1) is 18.7 Å². The highest BCUT2D eigenvalue weighted by Gasteiger charge is 2.12. The third-order valence-electron chi connectivity index (χ3n) is 2.78. The summed E-state index contributed by atoms with van der Waals surface area (Å²) in [5.74, 6) is 5.15. The van der Waals surface area contributed by atoms with Crippen molar-refractivity contribution in [2.75, 3.05) is 27.2 Å². The van der Waals surface area contributed by atoms with Gasteiger partial charge in [-0.25, -0.2) is 0 Å². The van der Waals surface area contributed by atoms with E-state index >= 15 is 0 Å². The number of hydrogen-bond acceptors (Lipinski definition) is 3. The van der Waals surface area contributed by atoms with Crippen LogP contribution in [-0.2, 0) is 4.79 Å². The SMILES string of the molecule is Cc1ccc(C#CCCO)c(C(=O)NCC(=O)N(C)C)c1. The summed E-state index contributed by atoms with van der Waals surface area (Å²) in [5, 5.41) is 11.3. The van der Waals surface area contributed by atoms with Crippen LogP contribution in [0.2, 0.25) is 0 Å². The van der Waals surface area contributed by atoms with E-state index in [2.05, 4.69) is 17.2 Å². The minimum atomic E-state index is -0.331. The maximum Gasteiger partial charge on any atom is 0.252 e. The fourth-order valence-electron chi connectivity index (χ4n) is 1.58. The second-order valence-electron chi connectivity index (χ2n) is 4.80. The van der Waals surface area contributed by atoms with Gasteiger partial charge in [0, 0.05) is 26.1 Å². The summed E-state index contributed by atoms with van der Waals surface area (Å²) >= 11 is 0. The monoisotopic (exact) mass is 288 g/mol. The van der Waals surface area contributed by atoms with E-state index in [0.717, 1.165) is 5.56 Å². The molecule has 1 rings (SSSR count). The third-order valence-corrected chi connectivity index (χ3v) is 2.78. The first kappa shape index (κ1) is 16.7. The molecule has 0 atom stereocenters. The number of rotatable bonds is 4. The first-order valence-corrected chi connectivity index (χ1v) is 6.64.